The van der Waals surface area contributed by atoms with Gasteiger partial charge in [-0.25, -0.2) is 9.78 Å². The first kappa shape index (κ1) is 19.9. The van der Waals surface area contributed by atoms with Gasteiger partial charge in [-0.1, -0.05) is 23.7 Å². The van der Waals surface area contributed by atoms with E-state index in [1.54, 1.807) is 24.3 Å². The molecule has 0 radical (unpaired) electrons. The second kappa shape index (κ2) is 8.86. The number of nitrogens with zero attached hydrogens (tertiary/aromatic N) is 1. The molecule has 0 aliphatic rings. The van der Waals surface area contributed by atoms with Crippen molar-refractivity contribution in [3.05, 3.63) is 58.6 Å². The molecule has 6 nitrogen and oxygen atoms in total. The van der Waals surface area contributed by atoms with Crippen molar-refractivity contribution in [1.29, 1.82) is 0 Å². The number of anilines is 1. The molecule has 1 N–H and O–H groups in total. The maximum atomic E-state index is 12.3. The van der Waals surface area contributed by atoms with Gasteiger partial charge in [0.15, 0.2) is 6.10 Å². The lowest BCUT2D eigenvalue weighted by Gasteiger charge is -2.14. The number of hydrogen-bond donors (Lipinski definition) is 1. The van der Waals surface area contributed by atoms with Gasteiger partial charge in [-0.15, -0.1) is 11.3 Å². The van der Waals surface area contributed by atoms with Crippen molar-refractivity contribution in [1.82, 2.24) is 4.98 Å². The molecule has 1 amide bonds. The lowest BCUT2D eigenvalue weighted by Crippen LogP contribution is -2.29. The fraction of sp³-hybridized carbons (Fsp3) is 0.150. The normalized spacial score (nSPS) is 12.1. The van der Waals surface area contributed by atoms with E-state index in [1.165, 1.54) is 31.4 Å². The molecule has 3 rings (SSSR count). The monoisotopic (exact) mass is 416 g/mol. The van der Waals surface area contributed by atoms with Crippen LogP contribution in [0.3, 0.4) is 0 Å². The highest BCUT2D eigenvalue weighted by Gasteiger charge is 2.18. The molecule has 1 atom stereocenters. The van der Waals surface area contributed by atoms with E-state index >= 15 is 0 Å². The maximum absolute atomic E-state index is 12.3. The number of hydrogen-bond acceptors (Lipinski definition) is 6. The summed E-state index contributed by atoms with van der Waals surface area (Å²) in [5.41, 5.74) is 1.26. The second-order valence-corrected chi connectivity index (χ2v) is 7.26. The fourth-order valence-electron chi connectivity index (χ4n) is 2.38. The summed E-state index contributed by atoms with van der Waals surface area (Å²) in [6, 6.07) is 12.5. The molecule has 0 spiro atoms. The largest absolute Gasteiger partial charge is 0.495 e. The summed E-state index contributed by atoms with van der Waals surface area (Å²) in [4.78, 5) is 28.7. The number of halogens is 1. The van der Waals surface area contributed by atoms with E-state index in [1.807, 2.05) is 24.3 Å². The molecule has 8 heteroatoms. The predicted molar refractivity (Wildman–Crippen MR) is 111 cm³/mol. The van der Waals surface area contributed by atoms with Crippen LogP contribution in [0.25, 0.3) is 16.3 Å². The average Bonchev–Trinajstić information content (AvgIpc) is 3.09. The Labute approximate surface area is 170 Å². The van der Waals surface area contributed by atoms with Crippen LogP contribution in [0.2, 0.25) is 5.02 Å². The van der Waals surface area contributed by atoms with E-state index in [-0.39, 0.29) is 0 Å². The summed E-state index contributed by atoms with van der Waals surface area (Å²) in [6.07, 6.45) is 1.82. The number of benzene rings is 2. The first-order valence-electron chi connectivity index (χ1n) is 8.35. The number of ether oxygens (including phenoxy) is 2. The molecule has 144 valence electrons. The number of nitrogens with one attached hydrogen (secondary N) is 1. The van der Waals surface area contributed by atoms with Crippen molar-refractivity contribution >= 4 is 56.8 Å². The number of esters is 1. The van der Waals surface area contributed by atoms with Crippen LogP contribution in [0.1, 0.15) is 11.9 Å². The van der Waals surface area contributed by atoms with Crippen molar-refractivity contribution in [2.75, 3.05) is 12.4 Å². The van der Waals surface area contributed by atoms with E-state index < -0.39 is 18.0 Å². The molecule has 0 bridgehead atoms. The van der Waals surface area contributed by atoms with Gasteiger partial charge in [0.25, 0.3) is 5.91 Å². The molecular weight excluding hydrogens is 400 g/mol. The molecule has 2 aromatic carbocycles. The topological polar surface area (TPSA) is 77.5 Å². The first-order chi connectivity index (χ1) is 13.5. The zero-order valence-corrected chi connectivity index (χ0v) is 16.7. The summed E-state index contributed by atoms with van der Waals surface area (Å²) in [5, 5.41) is 3.76. The lowest BCUT2D eigenvalue weighted by molar-refractivity contribution is -0.148. The number of carbonyl (C=O) groups is 2. The van der Waals surface area contributed by atoms with Gasteiger partial charge < -0.3 is 14.8 Å². The highest BCUT2D eigenvalue weighted by atomic mass is 35.5. The van der Waals surface area contributed by atoms with Crippen LogP contribution in [-0.4, -0.2) is 30.1 Å². The Morgan fingerprint density at radius 2 is 2.04 bits per heavy atom. The van der Waals surface area contributed by atoms with Crippen molar-refractivity contribution in [2.45, 2.75) is 13.0 Å². The SMILES string of the molecule is COc1ccc(Cl)cc1NC(=O)[C@H](C)OC(=O)/C=C/c1nc2ccccc2s1. The zero-order valence-electron chi connectivity index (χ0n) is 15.1. The molecule has 28 heavy (non-hydrogen) atoms. The number of aromatic nitrogens is 1. The molecule has 0 unspecified atom stereocenters. The van der Waals surface area contributed by atoms with Crippen LogP contribution >= 0.6 is 22.9 Å². The highest BCUT2D eigenvalue weighted by molar-refractivity contribution is 7.19. The van der Waals surface area contributed by atoms with Crippen LogP contribution in [0.15, 0.2) is 48.5 Å². The van der Waals surface area contributed by atoms with E-state index in [9.17, 15) is 9.59 Å². The van der Waals surface area contributed by atoms with E-state index in [0.29, 0.717) is 21.5 Å². The summed E-state index contributed by atoms with van der Waals surface area (Å²) < 4.78 is 11.4. The third-order valence-corrected chi connectivity index (χ3v) is 4.99. The Morgan fingerprint density at radius 1 is 1.25 bits per heavy atom. The van der Waals surface area contributed by atoms with Gasteiger partial charge in [0.2, 0.25) is 0 Å². The zero-order chi connectivity index (χ0) is 20.1. The fourth-order valence-corrected chi connectivity index (χ4v) is 3.42. The molecular formula is C20H17ClN2O4S. The standard InChI is InChI=1S/C20H17ClN2O4S/c1-12(20(25)23-15-11-13(21)7-8-16(15)26-2)27-19(24)10-9-18-22-14-5-3-4-6-17(14)28-18/h3-12H,1-2H3,(H,23,25)/b10-9+/t12-/m0/s1. The van der Waals surface area contributed by atoms with Crippen molar-refractivity contribution in [3.63, 3.8) is 0 Å². The number of thiazole rings is 1. The molecule has 0 aliphatic heterocycles. The molecule has 0 aliphatic carbocycles. The van der Waals surface area contributed by atoms with Gasteiger partial charge in [0.1, 0.15) is 10.8 Å². The molecule has 1 heterocycles. The van der Waals surface area contributed by atoms with Gasteiger partial charge in [-0.2, -0.15) is 0 Å². The Bertz CT molecular complexity index is 1010. The van der Waals surface area contributed by atoms with Gasteiger partial charge in [-0.3, -0.25) is 4.79 Å². The van der Waals surface area contributed by atoms with Crippen molar-refractivity contribution in [3.8, 4) is 5.75 Å². The molecule has 0 fully saturated rings. The molecule has 0 saturated carbocycles. The number of methoxy groups -OCH3 is 1. The van der Waals surface area contributed by atoms with Crippen LogP contribution in [0.5, 0.6) is 5.75 Å². The number of amides is 1. The van der Waals surface area contributed by atoms with Crippen LogP contribution in [-0.2, 0) is 14.3 Å². The smallest absolute Gasteiger partial charge is 0.331 e. The second-order valence-electron chi connectivity index (χ2n) is 5.77. The van der Waals surface area contributed by atoms with Crippen molar-refractivity contribution < 1.29 is 19.1 Å². The third-order valence-electron chi connectivity index (χ3n) is 3.75. The molecule has 0 saturated heterocycles. The van der Waals surface area contributed by atoms with Gasteiger partial charge in [0, 0.05) is 11.1 Å². The van der Waals surface area contributed by atoms with E-state index in [4.69, 9.17) is 21.1 Å². The predicted octanol–water partition coefficient (Wildman–Crippen LogP) is 4.54. The van der Waals surface area contributed by atoms with Crippen LogP contribution < -0.4 is 10.1 Å². The minimum Gasteiger partial charge on any atom is -0.495 e. The summed E-state index contributed by atoms with van der Waals surface area (Å²) in [6.45, 7) is 1.48. The van der Waals surface area contributed by atoms with Gasteiger partial charge in [0.05, 0.1) is 23.0 Å². The Hall–Kier alpha value is -2.90. The number of para-hydroxylation sites is 1. The van der Waals surface area contributed by atoms with E-state index in [2.05, 4.69) is 10.3 Å². The number of carbonyl (C=O) groups excluding carboxylic acids is 2. The highest BCUT2D eigenvalue weighted by Crippen LogP contribution is 2.28. The lowest BCUT2D eigenvalue weighted by atomic mass is 10.2. The summed E-state index contributed by atoms with van der Waals surface area (Å²) in [5.74, 6) is -0.686. The Balaban J connectivity index is 1.60. The molecule has 1 aromatic heterocycles. The minimum absolute atomic E-state index is 0.396. The third kappa shape index (κ3) is 4.88. The number of rotatable bonds is 6. The average molecular weight is 417 g/mol. The van der Waals surface area contributed by atoms with Crippen LogP contribution in [0, 0.1) is 0 Å². The maximum Gasteiger partial charge on any atom is 0.331 e. The number of fused-ring (bicyclic) bond motifs is 1. The Kier molecular flexibility index (Phi) is 6.28. The van der Waals surface area contributed by atoms with Crippen molar-refractivity contribution in [2.24, 2.45) is 0 Å². The van der Waals surface area contributed by atoms with Gasteiger partial charge >= 0.3 is 5.97 Å². The van der Waals surface area contributed by atoms with Gasteiger partial charge in [-0.05, 0) is 43.3 Å². The Morgan fingerprint density at radius 3 is 2.79 bits per heavy atom. The van der Waals surface area contributed by atoms with E-state index in [0.717, 1.165) is 10.2 Å². The first-order valence-corrected chi connectivity index (χ1v) is 9.54. The summed E-state index contributed by atoms with van der Waals surface area (Å²) >= 11 is 7.40. The molecule has 3 aromatic rings. The minimum atomic E-state index is -1.00. The quantitative estimate of drug-likeness (QED) is 0.471. The van der Waals surface area contributed by atoms with Crippen LogP contribution in [0.4, 0.5) is 5.69 Å². The summed E-state index contributed by atoms with van der Waals surface area (Å²) in [7, 11) is 1.48.